The summed E-state index contributed by atoms with van der Waals surface area (Å²) in [4.78, 5) is 0.0845. The number of hydrogen-bond donors (Lipinski definition) is 2. The molecule has 0 saturated heterocycles. The second-order valence-electron chi connectivity index (χ2n) is 5.35. The van der Waals surface area contributed by atoms with Crippen LogP contribution in [0.4, 0.5) is 5.69 Å². The van der Waals surface area contributed by atoms with Gasteiger partial charge in [0.1, 0.15) is 5.75 Å². The summed E-state index contributed by atoms with van der Waals surface area (Å²) in [5.41, 5.74) is 1.78. The number of rotatable bonds is 6. The summed E-state index contributed by atoms with van der Waals surface area (Å²) in [6.07, 6.45) is 0.0637. The van der Waals surface area contributed by atoms with Crippen LogP contribution in [-0.4, -0.2) is 14.5 Å². The lowest BCUT2D eigenvalue weighted by molar-refractivity contribution is 0.242. The molecule has 0 bridgehead atoms. The Labute approximate surface area is 141 Å². The first kappa shape index (κ1) is 17.6. The molecule has 0 aliphatic rings. The van der Waals surface area contributed by atoms with Gasteiger partial charge >= 0.3 is 0 Å². The van der Waals surface area contributed by atoms with E-state index in [9.17, 15) is 8.42 Å². The first-order chi connectivity index (χ1) is 10.8. The van der Waals surface area contributed by atoms with Crippen LogP contribution in [0.5, 0.6) is 5.75 Å². The fourth-order valence-corrected chi connectivity index (χ4v) is 2.73. The van der Waals surface area contributed by atoms with E-state index in [-0.39, 0.29) is 11.0 Å². The number of hydrogen-bond acceptors (Lipinski definition) is 4. The number of ether oxygens (including phenoxy) is 1. The number of nitrogens with two attached hydrogens (primary N) is 1. The van der Waals surface area contributed by atoms with Crippen LogP contribution in [0, 0.1) is 0 Å². The summed E-state index contributed by atoms with van der Waals surface area (Å²) in [6, 6.07) is 11.9. The normalized spacial score (nSPS) is 11.5. The number of anilines is 1. The summed E-state index contributed by atoms with van der Waals surface area (Å²) >= 11 is 6.19. The van der Waals surface area contributed by atoms with Crippen molar-refractivity contribution in [3.05, 3.63) is 53.1 Å². The van der Waals surface area contributed by atoms with Crippen LogP contribution in [-0.2, 0) is 16.6 Å². The Kier molecular flexibility index (Phi) is 5.51. The Hall–Kier alpha value is -1.76. The van der Waals surface area contributed by atoms with Crippen molar-refractivity contribution in [2.75, 3.05) is 5.32 Å². The summed E-state index contributed by atoms with van der Waals surface area (Å²) in [7, 11) is -3.67. The highest BCUT2D eigenvalue weighted by Gasteiger charge is 2.07. The molecule has 0 amide bonds. The molecule has 7 heteroatoms. The largest absolute Gasteiger partial charge is 0.489 e. The van der Waals surface area contributed by atoms with Crippen LogP contribution in [0.2, 0.25) is 5.02 Å². The lowest BCUT2D eigenvalue weighted by Crippen LogP contribution is -2.12. The Morgan fingerprint density at radius 3 is 2.35 bits per heavy atom. The van der Waals surface area contributed by atoms with Gasteiger partial charge in [0.15, 0.2) is 0 Å². The lowest BCUT2D eigenvalue weighted by atomic mass is 10.2. The number of benzene rings is 2. The van der Waals surface area contributed by atoms with Crippen LogP contribution >= 0.6 is 11.6 Å². The van der Waals surface area contributed by atoms with Gasteiger partial charge < -0.3 is 10.1 Å². The van der Waals surface area contributed by atoms with E-state index in [0.29, 0.717) is 17.3 Å². The second kappa shape index (κ2) is 7.21. The molecular formula is C16H19ClN2O3S. The Morgan fingerprint density at radius 1 is 1.17 bits per heavy atom. The zero-order valence-corrected chi connectivity index (χ0v) is 14.5. The molecule has 0 heterocycles. The minimum Gasteiger partial charge on any atom is -0.489 e. The fraction of sp³-hybridized carbons (Fsp3) is 0.250. The highest BCUT2D eigenvalue weighted by molar-refractivity contribution is 7.89. The highest BCUT2D eigenvalue weighted by Crippen LogP contribution is 2.26. The molecule has 0 atom stereocenters. The molecule has 5 nitrogen and oxygen atoms in total. The number of primary sulfonamides is 1. The van der Waals surface area contributed by atoms with Gasteiger partial charge in [-0.25, -0.2) is 13.6 Å². The van der Waals surface area contributed by atoms with Crippen LogP contribution in [0.3, 0.4) is 0 Å². The van der Waals surface area contributed by atoms with E-state index < -0.39 is 10.0 Å². The summed E-state index contributed by atoms with van der Waals surface area (Å²) in [5.74, 6) is 0.655. The van der Waals surface area contributed by atoms with E-state index in [1.807, 2.05) is 32.0 Å². The predicted molar refractivity (Wildman–Crippen MR) is 92.4 cm³/mol. The van der Waals surface area contributed by atoms with Crippen molar-refractivity contribution in [1.82, 2.24) is 0 Å². The standard InChI is InChI=1S/C16H19ClN2O3S/c1-11(2)22-16-8-3-12(9-15(16)17)10-19-13-4-6-14(7-5-13)23(18,20)21/h3-9,11,19H,10H2,1-2H3,(H2,18,20,21). The van der Waals surface area contributed by atoms with Crippen molar-refractivity contribution < 1.29 is 13.2 Å². The predicted octanol–water partition coefficient (Wildman–Crippen LogP) is 3.39. The van der Waals surface area contributed by atoms with E-state index in [0.717, 1.165) is 11.3 Å². The van der Waals surface area contributed by atoms with Gasteiger partial charge in [0.25, 0.3) is 0 Å². The summed E-state index contributed by atoms with van der Waals surface area (Å²) in [5, 5.41) is 8.81. The third-order valence-electron chi connectivity index (χ3n) is 3.04. The maximum absolute atomic E-state index is 11.2. The molecule has 2 aromatic carbocycles. The van der Waals surface area contributed by atoms with E-state index in [1.165, 1.54) is 12.1 Å². The second-order valence-corrected chi connectivity index (χ2v) is 7.32. The maximum Gasteiger partial charge on any atom is 0.238 e. The molecule has 0 aliphatic carbocycles. The van der Waals surface area contributed by atoms with Crippen LogP contribution < -0.4 is 15.2 Å². The van der Waals surface area contributed by atoms with E-state index in [4.69, 9.17) is 21.5 Å². The molecule has 0 unspecified atom stereocenters. The molecular weight excluding hydrogens is 336 g/mol. The summed E-state index contributed by atoms with van der Waals surface area (Å²) < 4.78 is 28.0. The van der Waals surface area contributed by atoms with Gasteiger partial charge in [-0.2, -0.15) is 0 Å². The molecule has 23 heavy (non-hydrogen) atoms. The monoisotopic (exact) mass is 354 g/mol. The molecule has 0 aromatic heterocycles. The molecule has 0 aliphatic heterocycles. The Bertz CT molecular complexity index is 774. The first-order valence-electron chi connectivity index (χ1n) is 7.07. The van der Waals surface area contributed by atoms with Crippen molar-refractivity contribution >= 4 is 27.3 Å². The SMILES string of the molecule is CC(C)Oc1ccc(CNc2ccc(S(N)(=O)=O)cc2)cc1Cl. The zero-order chi connectivity index (χ0) is 17.0. The molecule has 2 rings (SSSR count). The van der Waals surface area contributed by atoms with Gasteiger partial charge in [-0.15, -0.1) is 0 Å². The third-order valence-corrected chi connectivity index (χ3v) is 4.26. The lowest BCUT2D eigenvalue weighted by Gasteiger charge is -2.13. The average Bonchev–Trinajstić information content (AvgIpc) is 2.47. The molecule has 0 saturated carbocycles. The van der Waals surface area contributed by atoms with Crippen LogP contribution in [0.15, 0.2) is 47.4 Å². The number of halogens is 1. The number of nitrogens with one attached hydrogen (secondary N) is 1. The van der Waals surface area contributed by atoms with Crippen molar-refractivity contribution in [2.45, 2.75) is 31.4 Å². The maximum atomic E-state index is 11.2. The zero-order valence-electron chi connectivity index (χ0n) is 12.9. The van der Waals surface area contributed by atoms with Crippen LogP contribution in [0.1, 0.15) is 19.4 Å². The van der Waals surface area contributed by atoms with Gasteiger partial charge in [0.2, 0.25) is 10.0 Å². The third kappa shape index (κ3) is 5.13. The van der Waals surface area contributed by atoms with Gasteiger partial charge in [0.05, 0.1) is 16.0 Å². The minimum absolute atomic E-state index is 0.0637. The number of sulfonamides is 1. The first-order valence-corrected chi connectivity index (χ1v) is 9.00. The molecule has 3 N–H and O–H groups in total. The quantitative estimate of drug-likeness (QED) is 0.833. The van der Waals surface area contributed by atoms with E-state index in [2.05, 4.69) is 5.32 Å². The van der Waals surface area contributed by atoms with Crippen molar-refractivity contribution in [3.8, 4) is 5.75 Å². The van der Waals surface area contributed by atoms with E-state index >= 15 is 0 Å². The molecule has 2 aromatic rings. The molecule has 0 spiro atoms. The van der Waals surface area contributed by atoms with Crippen molar-refractivity contribution in [3.63, 3.8) is 0 Å². The molecule has 124 valence electrons. The molecule has 0 fully saturated rings. The van der Waals surface area contributed by atoms with Crippen molar-refractivity contribution in [1.29, 1.82) is 0 Å². The average molecular weight is 355 g/mol. The molecule has 0 radical (unpaired) electrons. The van der Waals surface area contributed by atoms with Crippen LogP contribution in [0.25, 0.3) is 0 Å². The van der Waals surface area contributed by atoms with Gasteiger partial charge in [-0.1, -0.05) is 17.7 Å². The fourth-order valence-electron chi connectivity index (χ4n) is 1.97. The minimum atomic E-state index is -3.67. The Balaban J connectivity index is 2.02. The topological polar surface area (TPSA) is 81.4 Å². The van der Waals surface area contributed by atoms with Crippen molar-refractivity contribution in [2.24, 2.45) is 5.14 Å². The smallest absolute Gasteiger partial charge is 0.238 e. The van der Waals surface area contributed by atoms with Gasteiger partial charge in [0, 0.05) is 12.2 Å². The Morgan fingerprint density at radius 2 is 1.83 bits per heavy atom. The van der Waals surface area contributed by atoms with E-state index in [1.54, 1.807) is 12.1 Å². The van der Waals surface area contributed by atoms with Gasteiger partial charge in [-0.05, 0) is 55.8 Å². The summed E-state index contributed by atoms with van der Waals surface area (Å²) in [6.45, 7) is 4.43. The highest BCUT2D eigenvalue weighted by atomic mass is 35.5. The van der Waals surface area contributed by atoms with Gasteiger partial charge in [-0.3, -0.25) is 0 Å².